The first-order chi connectivity index (χ1) is 13.2. The van der Waals surface area contributed by atoms with Crippen LogP contribution in [-0.2, 0) is 25.7 Å². The van der Waals surface area contributed by atoms with E-state index < -0.39 is 0 Å². The molecule has 0 fully saturated rings. The van der Waals surface area contributed by atoms with Gasteiger partial charge in [-0.3, -0.25) is 4.99 Å². The SMILES string of the molecule is CCc1cccc(CC)c1N=C/C(C#N)=C\Nc1c(CC)cccc1CC. The minimum Gasteiger partial charge on any atom is -0.360 e. The Hall–Kier alpha value is -2.86. The number of para-hydroxylation sites is 2. The molecule has 0 saturated carbocycles. The third-order valence-corrected chi connectivity index (χ3v) is 4.80. The van der Waals surface area contributed by atoms with E-state index in [1.807, 2.05) is 0 Å². The van der Waals surface area contributed by atoms with Gasteiger partial charge in [-0.2, -0.15) is 5.26 Å². The number of allylic oxidation sites excluding steroid dienone is 1. The summed E-state index contributed by atoms with van der Waals surface area (Å²) in [5.74, 6) is 0. The van der Waals surface area contributed by atoms with Crippen LogP contribution in [0.2, 0.25) is 0 Å². The van der Waals surface area contributed by atoms with Crippen LogP contribution in [0.1, 0.15) is 49.9 Å². The van der Waals surface area contributed by atoms with Gasteiger partial charge >= 0.3 is 0 Å². The molecule has 0 bridgehead atoms. The molecule has 0 aliphatic rings. The fourth-order valence-electron chi connectivity index (χ4n) is 3.19. The van der Waals surface area contributed by atoms with Crippen LogP contribution in [0.15, 0.2) is 53.2 Å². The Morgan fingerprint density at radius 1 is 0.889 bits per heavy atom. The molecule has 0 heterocycles. The lowest BCUT2D eigenvalue weighted by atomic mass is 10.0. The Morgan fingerprint density at radius 2 is 1.37 bits per heavy atom. The molecule has 2 rings (SSSR count). The average molecular weight is 360 g/mol. The van der Waals surface area contributed by atoms with Gasteiger partial charge < -0.3 is 5.32 Å². The zero-order valence-corrected chi connectivity index (χ0v) is 16.8. The number of anilines is 1. The summed E-state index contributed by atoms with van der Waals surface area (Å²) in [6.45, 7) is 8.54. The highest BCUT2D eigenvalue weighted by Gasteiger charge is 2.06. The predicted octanol–water partition coefficient (Wildman–Crippen LogP) is 6.16. The fraction of sp³-hybridized carbons (Fsp3) is 0.333. The minimum absolute atomic E-state index is 0.510. The molecule has 2 aromatic carbocycles. The first-order valence-electron chi connectivity index (χ1n) is 9.80. The Labute approximate surface area is 163 Å². The van der Waals surface area contributed by atoms with E-state index in [4.69, 9.17) is 0 Å². The fourth-order valence-corrected chi connectivity index (χ4v) is 3.19. The van der Waals surface area contributed by atoms with Crippen LogP contribution >= 0.6 is 0 Å². The van der Waals surface area contributed by atoms with Crippen LogP contribution in [0.25, 0.3) is 0 Å². The first kappa shape index (κ1) is 20.5. The molecule has 0 aliphatic carbocycles. The van der Waals surface area contributed by atoms with Crippen LogP contribution in [0, 0.1) is 11.3 Å². The molecule has 0 atom stereocenters. The van der Waals surface area contributed by atoms with Crippen LogP contribution in [0.5, 0.6) is 0 Å². The summed E-state index contributed by atoms with van der Waals surface area (Å²) in [6.07, 6.45) is 7.17. The number of aliphatic imine (C=N–C) groups is 1. The van der Waals surface area contributed by atoms with Gasteiger partial charge in [-0.15, -0.1) is 0 Å². The molecule has 0 saturated heterocycles. The molecule has 140 valence electrons. The van der Waals surface area contributed by atoms with Crippen molar-refractivity contribution >= 4 is 17.6 Å². The van der Waals surface area contributed by atoms with Crippen molar-refractivity contribution in [3.63, 3.8) is 0 Å². The highest BCUT2D eigenvalue weighted by atomic mass is 14.9. The van der Waals surface area contributed by atoms with Crippen LogP contribution in [-0.4, -0.2) is 6.21 Å². The van der Waals surface area contributed by atoms with Crippen molar-refractivity contribution in [1.29, 1.82) is 5.26 Å². The summed E-state index contributed by atoms with van der Waals surface area (Å²) in [7, 11) is 0. The molecule has 0 amide bonds. The maximum Gasteiger partial charge on any atom is 0.102 e. The third-order valence-electron chi connectivity index (χ3n) is 4.80. The van der Waals surface area contributed by atoms with Crippen molar-refractivity contribution in [2.45, 2.75) is 53.4 Å². The summed E-state index contributed by atoms with van der Waals surface area (Å²) in [5.41, 5.74) is 7.53. The lowest BCUT2D eigenvalue weighted by Gasteiger charge is -2.12. The smallest absolute Gasteiger partial charge is 0.102 e. The zero-order valence-electron chi connectivity index (χ0n) is 16.8. The van der Waals surface area contributed by atoms with Gasteiger partial charge in [0.05, 0.1) is 11.3 Å². The normalized spacial score (nSPS) is 11.6. The largest absolute Gasteiger partial charge is 0.360 e. The third kappa shape index (κ3) is 5.08. The molecular formula is C24H29N3. The van der Waals surface area contributed by atoms with E-state index in [-0.39, 0.29) is 0 Å². The van der Waals surface area contributed by atoms with E-state index >= 15 is 0 Å². The minimum atomic E-state index is 0.510. The molecule has 27 heavy (non-hydrogen) atoms. The number of nitrogens with zero attached hydrogens (tertiary/aromatic N) is 2. The van der Waals surface area contributed by atoms with Gasteiger partial charge in [0.1, 0.15) is 6.07 Å². The number of nitriles is 1. The van der Waals surface area contributed by atoms with Gasteiger partial charge in [-0.25, -0.2) is 0 Å². The summed E-state index contributed by atoms with van der Waals surface area (Å²) < 4.78 is 0. The second-order valence-electron chi connectivity index (χ2n) is 6.40. The molecule has 0 aromatic heterocycles. The second-order valence-corrected chi connectivity index (χ2v) is 6.40. The monoisotopic (exact) mass is 359 g/mol. The number of hydrogen-bond acceptors (Lipinski definition) is 3. The predicted molar refractivity (Wildman–Crippen MR) is 116 cm³/mol. The number of nitrogens with one attached hydrogen (secondary N) is 1. The van der Waals surface area contributed by atoms with E-state index in [0.29, 0.717) is 5.57 Å². The van der Waals surface area contributed by atoms with Gasteiger partial charge in [-0.05, 0) is 47.9 Å². The molecule has 0 unspecified atom stereocenters. The maximum atomic E-state index is 9.54. The summed E-state index contributed by atoms with van der Waals surface area (Å²) in [5, 5.41) is 12.9. The van der Waals surface area contributed by atoms with Crippen molar-refractivity contribution in [3.8, 4) is 6.07 Å². The van der Waals surface area contributed by atoms with Gasteiger partial charge in [0.25, 0.3) is 0 Å². The van der Waals surface area contributed by atoms with Crippen LogP contribution in [0.4, 0.5) is 11.4 Å². The van der Waals surface area contributed by atoms with Crippen molar-refractivity contribution in [3.05, 3.63) is 70.4 Å². The Morgan fingerprint density at radius 3 is 1.81 bits per heavy atom. The zero-order chi connectivity index (χ0) is 19.6. The molecule has 2 aromatic rings. The Bertz CT molecular complexity index is 825. The average Bonchev–Trinajstić information content (AvgIpc) is 2.73. The Kier molecular flexibility index (Phi) is 7.82. The number of hydrogen-bond donors (Lipinski definition) is 1. The van der Waals surface area contributed by atoms with E-state index in [0.717, 1.165) is 37.1 Å². The number of benzene rings is 2. The molecule has 1 N–H and O–H groups in total. The summed E-state index contributed by atoms with van der Waals surface area (Å²) in [6, 6.07) is 14.9. The molecular weight excluding hydrogens is 330 g/mol. The lowest BCUT2D eigenvalue weighted by molar-refractivity contribution is 1.08. The quantitative estimate of drug-likeness (QED) is 0.453. The molecule has 0 spiro atoms. The van der Waals surface area contributed by atoms with E-state index in [2.05, 4.69) is 80.5 Å². The maximum absolute atomic E-state index is 9.54. The molecule has 0 radical (unpaired) electrons. The van der Waals surface area contributed by atoms with Crippen molar-refractivity contribution in [2.24, 2.45) is 4.99 Å². The summed E-state index contributed by atoms with van der Waals surface area (Å²) >= 11 is 0. The Balaban J connectivity index is 2.32. The van der Waals surface area contributed by atoms with E-state index in [1.54, 1.807) is 12.4 Å². The second kappa shape index (κ2) is 10.3. The van der Waals surface area contributed by atoms with Crippen LogP contribution < -0.4 is 5.32 Å². The van der Waals surface area contributed by atoms with Gasteiger partial charge in [0, 0.05) is 18.1 Å². The van der Waals surface area contributed by atoms with Gasteiger partial charge in [-0.1, -0.05) is 64.1 Å². The van der Waals surface area contributed by atoms with E-state index in [9.17, 15) is 5.26 Å². The van der Waals surface area contributed by atoms with E-state index in [1.165, 1.54) is 22.3 Å². The summed E-state index contributed by atoms with van der Waals surface area (Å²) in [4.78, 5) is 4.66. The first-order valence-corrected chi connectivity index (χ1v) is 9.80. The molecule has 0 aliphatic heterocycles. The van der Waals surface area contributed by atoms with Crippen molar-refractivity contribution in [2.75, 3.05) is 5.32 Å². The van der Waals surface area contributed by atoms with Gasteiger partial charge in [0.2, 0.25) is 0 Å². The molecule has 3 nitrogen and oxygen atoms in total. The topological polar surface area (TPSA) is 48.2 Å². The van der Waals surface area contributed by atoms with Crippen molar-refractivity contribution in [1.82, 2.24) is 0 Å². The van der Waals surface area contributed by atoms with Crippen molar-refractivity contribution < 1.29 is 0 Å². The van der Waals surface area contributed by atoms with Crippen LogP contribution in [0.3, 0.4) is 0 Å². The number of rotatable bonds is 8. The highest BCUT2D eigenvalue weighted by molar-refractivity contribution is 5.87. The standard InChI is InChI=1S/C24H29N3/c1-5-19-11-9-12-20(6-2)23(19)26-16-18(15-25)17-27-24-21(7-3)13-10-14-22(24)8-4/h9-14,16-17,26H,5-8H2,1-4H3/b18-16-,27-17?. The molecule has 3 heteroatoms. The lowest BCUT2D eigenvalue weighted by Crippen LogP contribution is -2.00. The highest BCUT2D eigenvalue weighted by Crippen LogP contribution is 2.26. The van der Waals surface area contributed by atoms with Gasteiger partial charge in [0.15, 0.2) is 0 Å². The number of aryl methyl sites for hydroxylation is 4.